The first-order valence-electron chi connectivity index (χ1n) is 7.06. The smallest absolute Gasteiger partial charge is 0.316 e. The Bertz CT molecular complexity index is 781. The maximum atomic E-state index is 11.9. The van der Waals surface area contributed by atoms with Crippen LogP contribution in [0.5, 0.6) is 5.75 Å². The molecule has 112 valence electrons. The lowest BCUT2D eigenvalue weighted by molar-refractivity contribution is -0.142. The Hall–Kier alpha value is -2.69. The Labute approximate surface area is 128 Å². The molecule has 0 unspecified atom stereocenters. The van der Waals surface area contributed by atoms with Crippen molar-refractivity contribution in [3.05, 3.63) is 42.7 Å². The van der Waals surface area contributed by atoms with Crippen LogP contribution in [0.3, 0.4) is 0 Å². The molecule has 0 amide bonds. The van der Waals surface area contributed by atoms with Crippen molar-refractivity contribution in [1.82, 2.24) is 15.0 Å². The number of rotatable bonds is 2. The first-order chi connectivity index (χ1) is 10.4. The molecule has 5 heteroatoms. The van der Waals surface area contributed by atoms with Crippen molar-refractivity contribution in [3.8, 4) is 17.1 Å². The first kappa shape index (κ1) is 14.3. The van der Waals surface area contributed by atoms with Crippen LogP contribution in [-0.2, 0) is 4.79 Å². The molecule has 0 saturated heterocycles. The number of benzene rings is 1. The third-order valence-electron chi connectivity index (χ3n) is 3.23. The van der Waals surface area contributed by atoms with Crippen LogP contribution in [0.4, 0.5) is 0 Å². The van der Waals surface area contributed by atoms with E-state index in [1.165, 1.54) is 0 Å². The lowest BCUT2D eigenvalue weighted by atomic mass is 9.97. The van der Waals surface area contributed by atoms with E-state index in [9.17, 15) is 4.79 Å². The number of nitrogens with one attached hydrogen (secondary N) is 1. The fraction of sp³-hybridized carbons (Fsp3) is 0.235. The molecule has 2 aromatic heterocycles. The molecule has 0 atom stereocenters. The van der Waals surface area contributed by atoms with Crippen LogP contribution in [0.25, 0.3) is 22.4 Å². The molecule has 0 spiro atoms. The topological polar surface area (TPSA) is 67.9 Å². The summed E-state index contributed by atoms with van der Waals surface area (Å²) in [6, 6.07) is 9.14. The highest BCUT2D eigenvalue weighted by molar-refractivity contribution is 5.79. The van der Waals surface area contributed by atoms with Crippen molar-refractivity contribution in [3.63, 3.8) is 0 Å². The van der Waals surface area contributed by atoms with Crippen LogP contribution in [0.2, 0.25) is 0 Å². The van der Waals surface area contributed by atoms with Gasteiger partial charge in [0.2, 0.25) is 0 Å². The van der Waals surface area contributed by atoms with Crippen LogP contribution in [0, 0.1) is 5.41 Å². The summed E-state index contributed by atoms with van der Waals surface area (Å²) < 4.78 is 5.35. The summed E-state index contributed by atoms with van der Waals surface area (Å²) in [5, 5.41) is 0. The van der Waals surface area contributed by atoms with Crippen molar-refractivity contribution in [2.45, 2.75) is 20.8 Å². The van der Waals surface area contributed by atoms with Gasteiger partial charge in [-0.15, -0.1) is 0 Å². The number of hydrogen-bond acceptors (Lipinski definition) is 4. The number of carbonyl (C=O) groups excluding carboxylic acids is 1. The summed E-state index contributed by atoms with van der Waals surface area (Å²) in [4.78, 5) is 23.6. The number of pyridine rings is 1. The Kier molecular flexibility index (Phi) is 3.41. The van der Waals surface area contributed by atoms with E-state index in [4.69, 9.17) is 4.74 Å². The molecule has 0 saturated carbocycles. The molecule has 5 nitrogen and oxygen atoms in total. The van der Waals surface area contributed by atoms with Gasteiger partial charge in [-0.2, -0.15) is 0 Å². The molecule has 22 heavy (non-hydrogen) atoms. The minimum atomic E-state index is -0.523. The van der Waals surface area contributed by atoms with E-state index in [1.807, 2.05) is 39.0 Å². The number of ether oxygens (including phenoxy) is 1. The van der Waals surface area contributed by atoms with Crippen molar-refractivity contribution in [2.75, 3.05) is 0 Å². The molecule has 1 aromatic carbocycles. The van der Waals surface area contributed by atoms with Crippen molar-refractivity contribution in [2.24, 2.45) is 5.41 Å². The number of H-pyrrole nitrogens is 1. The number of fused-ring (bicyclic) bond motifs is 1. The fourth-order valence-corrected chi connectivity index (χ4v) is 1.93. The van der Waals surface area contributed by atoms with E-state index in [1.54, 1.807) is 24.5 Å². The second-order valence-corrected chi connectivity index (χ2v) is 6.14. The van der Waals surface area contributed by atoms with Crippen molar-refractivity contribution < 1.29 is 9.53 Å². The molecule has 0 aliphatic carbocycles. The average Bonchev–Trinajstić information content (AvgIpc) is 2.91. The minimum Gasteiger partial charge on any atom is -0.426 e. The van der Waals surface area contributed by atoms with Crippen molar-refractivity contribution in [1.29, 1.82) is 0 Å². The standard InChI is InChI=1S/C17H17N3O2/c1-17(2,3)16(21)22-12-6-4-11(5-7-12)15-19-13-8-9-18-10-14(13)20-15/h4-10H,1-3H3,(H,19,20). The van der Waals surface area contributed by atoms with Crippen LogP contribution in [0.15, 0.2) is 42.7 Å². The SMILES string of the molecule is CC(C)(C)C(=O)Oc1ccc(-c2nc3ccncc3[nH]2)cc1. The second-order valence-electron chi connectivity index (χ2n) is 6.14. The molecule has 0 fully saturated rings. The summed E-state index contributed by atoms with van der Waals surface area (Å²) >= 11 is 0. The van der Waals surface area contributed by atoms with E-state index in [0.29, 0.717) is 5.75 Å². The minimum absolute atomic E-state index is 0.255. The third-order valence-corrected chi connectivity index (χ3v) is 3.23. The van der Waals surface area contributed by atoms with Crippen LogP contribution in [0.1, 0.15) is 20.8 Å². The van der Waals surface area contributed by atoms with Gasteiger partial charge in [-0.3, -0.25) is 9.78 Å². The van der Waals surface area contributed by atoms with Gasteiger partial charge in [0.15, 0.2) is 0 Å². The van der Waals surface area contributed by atoms with E-state index >= 15 is 0 Å². The highest BCUT2D eigenvalue weighted by Crippen LogP contribution is 2.24. The van der Waals surface area contributed by atoms with Crippen LogP contribution >= 0.6 is 0 Å². The highest BCUT2D eigenvalue weighted by atomic mass is 16.5. The predicted octanol–water partition coefficient (Wildman–Crippen LogP) is 3.58. The molecule has 2 heterocycles. The zero-order valence-electron chi connectivity index (χ0n) is 12.8. The maximum absolute atomic E-state index is 11.9. The molecule has 0 aliphatic heterocycles. The van der Waals surface area contributed by atoms with Gasteiger partial charge < -0.3 is 9.72 Å². The van der Waals surface area contributed by atoms with Crippen LogP contribution < -0.4 is 4.74 Å². The molecular weight excluding hydrogens is 278 g/mol. The lowest BCUT2D eigenvalue weighted by Gasteiger charge is -2.16. The number of aromatic amines is 1. The molecule has 3 rings (SSSR count). The Balaban J connectivity index is 1.83. The molecule has 0 bridgehead atoms. The third kappa shape index (κ3) is 2.83. The lowest BCUT2D eigenvalue weighted by Crippen LogP contribution is -2.25. The Morgan fingerprint density at radius 2 is 1.86 bits per heavy atom. The van der Waals surface area contributed by atoms with Gasteiger partial charge in [0.1, 0.15) is 11.6 Å². The van der Waals surface area contributed by atoms with Gasteiger partial charge in [0.25, 0.3) is 0 Å². The summed E-state index contributed by atoms with van der Waals surface area (Å²) in [6.07, 6.45) is 3.45. The highest BCUT2D eigenvalue weighted by Gasteiger charge is 2.23. The second kappa shape index (κ2) is 5.26. The van der Waals surface area contributed by atoms with Gasteiger partial charge in [0.05, 0.1) is 22.6 Å². The zero-order valence-corrected chi connectivity index (χ0v) is 12.8. The number of esters is 1. The monoisotopic (exact) mass is 295 g/mol. The Morgan fingerprint density at radius 1 is 1.14 bits per heavy atom. The molecule has 0 radical (unpaired) electrons. The van der Waals surface area contributed by atoms with E-state index in [0.717, 1.165) is 22.4 Å². The summed E-state index contributed by atoms with van der Waals surface area (Å²) in [5.74, 6) is 1.04. The van der Waals surface area contributed by atoms with Gasteiger partial charge in [0, 0.05) is 11.8 Å². The predicted molar refractivity (Wildman–Crippen MR) is 84.4 cm³/mol. The number of hydrogen-bond donors (Lipinski definition) is 1. The average molecular weight is 295 g/mol. The summed E-state index contributed by atoms with van der Waals surface area (Å²) in [6.45, 7) is 5.48. The van der Waals surface area contributed by atoms with Gasteiger partial charge in [-0.05, 0) is 51.1 Å². The van der Waals surface area contributed by atoms with E-state index < -0.39 is 5.41 Å². The van der Waals surface area contributed by atoms with Gasteiger partial charge in [-0.25, -0.2) is 4.98 Å². The van der Waals surface area contributed by atoms with E-state index in [-0.39, 0.29) is 5.97 Å². The Morgan fingerprint density at radius 3 is 2.50 bits per heavy atom. The van der Waals surface area contributed by atoms with Gasteiger partial charge >= 0.3 is 5.97 Å². The molecule has 1 N–H and O–H groups in total. The van der Waals surface area contributed by atoms with Crippen molar-refractivity contribution >= 4 is 17.0 Å². The number of aromatic nitrogens is 3. The maximum Gasteiger partial charge on any atom is 0.316 e. The number of nitrogens with zero attached hydrogens (tertiary/aromatic N) is 2. The number of imidazole rings is 1. The molecule has 0 aliphatic rings. The van der Waals surface area contributed by atoms with Gasteiger partial charge in [-0.1, -0.05) is 0 Å². The first-order valence-corrected chi connectivity index (χ1v) is 7.06. The van der Waals surface area contributed by atoms with Crippen LogP contribution in [-0.4, -0.2) is 20.9 Å². The van der Waals surface area contributed by atoms with E-state index in [2.05, 4.69) is 15.0 Å². The zero-order chi connectivity index (χ0) is 15.7. The molecule has 3 aromatic rings. The largest absolute Gasteiger partial charge is 0.426 e. The quantitative estimate of drug-likeness (QED) is 0.579. The summed E-state index contributed by atoms with van der Waals surface area (Å²) in [7, 11) is 0. The molecular formula is C17H17N3O2. The number of carbonyl (C=O) groups is 1. The fourth-order valence-electron chi connectivity index (χ4n) is 1.93. The summed E-state index contributed by atoms with van der Waals surface area (Å²) in [5.41, 5.74) is 2.16. The normalized spacial score (nSPS) is 11.6.